The van der Waals surface area contributed by atoms with E-state index >= 15 is 0 Å². The lowest BCUT2D eigenvalue weighted by Gasteiger charge is -2.26. The molecule has 1 aliphatic carbocycles. The Balaban J connectivity index is 1.70. The number of fused-ring (bicyclic) bond motifs is 1. The molecule has 0 radical (unpaired) electrons. The molecule has 0 saturated heterocycles. The van der Waals surface area contributed by atoms with E-state index in [0.29, 0.717) is 5.76 Å². The fourth-order valence-corrected chi connectivity index (χ4v) is 3.92. The molecule has 3 aromatic rings. The van der Waals surface area contributed by atoms with Gasteiger partial charge in [0, 0.05) is 0 Å². The van der Waals surface area contributed by atoms with Crippen LogP contribution in [0.5, 0.6) is 0 Å². The van der Waals surface area contributed by atoms with Gasteiger partial charge >= 0.3 is 0 Å². The largest absolute Gasteiger partial charge is 0.360 e. The minimum absolute atomic E-state index is 0.0743. The Labute approximate surface area is 161 Å². The van der Waals surface area contributed by atoms with Gasteiger partial charge in [-0.3, -0.25) is 4.79 Å². The molecular formula is C21H18ClFN2O2. The molecule has 0 fully saturated rings. The highest BCUT2D eigenvalue weighted by molar-refractivity contribution is 6.33. The van der Waals surface area contributed by atoms with E-state index < -0.39 is 5.82 Å². The molecule has 1 aromatic heterocycles. The van der Waals surface area contributed by atoms with Crippen LogP contribution < -0.4 is 5.32 Å². The molecule has 1 aliphatic rings. The molecule has 4 nitrogen and oxygen atoms in total. The molecular weight excluding hydrogens is 367 g/mol. The van der Waals surface area contributed by atoms with Gasteiger partial charge in [-0.1, -0.05) is 47.1 Å². The zero-order chi connectivity index (χ0) is 19.0. The topological polar surface area (TPSA) is 55.1 Å². The van der Waals surface area contributed by atoms with Crippen LogP contribution in [0.3, 0.4) is 0 Å². The van der Waals surface area contributed by atoms with E-state index in [1.807, 2.05) is 18.2 Å². The smallest absolute Gasteiger partial charge is 0.257 e. The number of carbonyl (C=O) groups is 1. The number of rotatable bonds is 3. The van der Waals surface area contributed by atoms with Crippen molar-refractivity contribution in [2.45, 2.75) is 32.2 Å². The van der Waals surface area contributed by atoms with Gasteiger partial charge in [-0.25, -0.2) is 4.39 Å². The van der Waals surface area contributed by atoms with E-state index in [0.717, 1.165) is 24.8 Å². The fourth-order valence-electron chi connectivity index (χ4n) is 3.67. The van der Waals surface area contributed by atoms with Gasteiger partial charge in [-0.2, -0.15) is 0 Å². The van der Waals surface area contributed by atoms with Gasteiger partial charge in [0.15, 0.2) is 0 Å². The third-order valence-electron chi connectivity index (χ3n) is 4.96. The summed E-state index contributed by atoms with van der Waals surface area (Å²) in [5.74, 6) is -0.566. The summed E-state index contributed by atoms with van der Waals surface area (Å²) in [5, 5.41) is 7.15. The van der Waals surface area contributed by atoms with Crippen molar-refractivity contribution in [2.24, 2.45) is 0 Å². The molecule has 1 atom stereocenters. The summed E-state index contributed by atoms with van der Waals surface area (Å²) in [5.41, 5.74) is 2.78. The van der Waals surface area contributed by atoms with Crippen molar-refractivity contribution in [1.82, 2.24) is 10.5 Å². The highest BCUT2D eigenvalue weighted by Crippen LogP contribution is 2.35. The fraction of sp³-hybridized carbons (Fsp3) is 0.238. The third kappa shape index (κ3) is 3.23. The molecule has 0 spiro atoms. The maximum atomic E-state index is 14.3. The van der Waals surface area contributed by atoms with E-state index in [9.17, 15) is 9.18 Å². The van der Waals surface area contributed by atoms with Crippen LogP contribution in [-0.4, -0.2) is 11.1 Å². The van der Waals surface area contributed by atoms with E-state index in [-0.39, 0.29) is 33.8 Å². The molecule has 0 unspecified atom stereocenters. The standard InChI is InChI=1S/C21H18ClFN2O2/c1-12-18(20(25-27-12)19-15(22)9-5-10-16(19)23)21(26)24-17-11-4-7-13-6-2-3-8-14(13)17/h2-3,5-6,8-10,17H,4,7,11H2,1H3,(H,24,26)/t17-/m1/s1. The number of hydrogen-bond acceptors (Lipinski definition) is 3. The van der Waals surface area contributed by atoms with Gasteiger partial charge in [0.25, 0.3) is 5.91 Å². The number of nitrogens with one attached hydrogen (secondary N) is 1. The SMILES string of the molecule is Cc1onc(-c2c(F)cccc2Cl)c1C(=O)N[C@@H]1CCCc2ccccc21. The van der Waals surface area contributed by atoms with E-state index in [1.54, 1.807) is 13.0 Å². The third-order valence-corrected chi connectivity index (χ3v) is 5.28. The zero-order valence-electron chi connectivity index (χ0n) is 14.8. The Morgan fingerprint density at radius 2 is 2.07 bits per heavy atom. The Kier molecular flexibility index (Phi) is 4.70. The van der Waals surface area contributed by atoms with Crippen LogP contribution in [0.2, 0.25) is 5.02 Å². The minimum Gasteiger partial charge on any atom is -0.360 e. The average Bonchev–Trinajstić information content (AvgIpc) is 3.03. The number of halogens is 2. The van der Waals surface area contributed by atoms with Crippen LogP contribution in [0.1, 0.15) is 46.1 Å². The normalized spacial score (nSPS) is 16.0. The van der Waals surface area contributed by atoms with Crippen LogP contribution in [0.4, 0.5) is 4.39 Å². The summed E-state index contributed by atoms with van der Waals surface area (Å²) in [4.78, 5) is 13.0. The van der Waals surface area contributed by atoms with Gasteiger partial charge in [0.2, 0.25) is 0 Å². The van der Waals surface area contributed by atoms with Gasteiger partial charge in [0.1, 0.15) is 22.8 Å². The Morgan fingerprint density at radius 3 is 2.89 bits per heavy atom. The van der Waals surface area contributed by atoms with Gasteiger partial charge in [0.05, 0.1) is 16.6 Å². The highest BCUT2D eigenvalue weighted by atomic mass is 35.5. The monoisotopic (exact) mass is 384 g/mol. The number of aromatic nitrogens is 1. The molecule has 1 heterocycles. The quantitative estimate of drug-likeness (QED) is 0.671. The second-order valence-electron chi connectivity index (χ2n) is 6.68. The van der Waals surface area contributed by atoms with Crippen LogP contribution in [0.25, 0.3) is 11.3 Å². The second-order valence-corrected chi connectivity index (χ2v) is 7.08. The van der Waals surface area contributed by atoms with Crippen molar-refractivity contribution < 1.29 is 13.7 Å². The molecule has 0 saturated carbocycles. The first kappa shape index (κ1) is 17.7. The lowest BCUT2D eigenvalue weighted by atomic mass is 9.87. The Morgan fingerprint density at radius 1 is 1.26 bits per heavy atom. The number of hydrogen-bond donors (Lipinski definition) is 1. The molecule has 1 N–H and O–H groups in total. The molecule has 0 aliphatic heterocycles. The second kappa shape index (κ2) is 7.16. The van der Waals surface area contributed by atoms with Gasteiger partial charge < -0.3 is 9.84 Å². The van der Waals surface area contributed by atoms with Crippen LogP contribution >= 0.6 is 11.6 Å². The van der Waals surface area contributed by atoms with Crippen molar-refractivity contribution in [1.29, 1.82) is 0 Å². The number of nitrogens with zero attached hydrogens (tertiary/aromatic N) is 1. The van der Waals surface area contributed by atoms with E-state index in [4.69, 9.17) is 16.1 Å². The molecule has 0 bridgehead atoms. The van der Waals surface area contributed by atoms with Crippen molar-refractivity contribution in [3.63, 3.8) is 0 Å². The summed E-state index contributed by atoms with van der Waals surface area (Å²) in [6.07, 6.45) is 2.85. The maximum absolute atomic E-state index is 14.3. The van der Waals surface area contributed by atoms with Crippen molar-refractivity contribution in [3.05, 3.63) is 75.8 Å². The number of benzene rings is 2. The minimum atomic E-state index is -0.548. The number of carbonyl (C=O) groups excluding carboxylic acids is 1. The predicted molar refractivity (Wildman–Crippen MR) is 101 cm³/mol. The predicted octanol–water partition coefficient (Wildman–Crippen LogP) is 5.25. The first-order valence-corrected chi connectivity index (χ1v) is 9.23. The van der Waals surface area contributed by atoms with Crippen molar-refractivity contribution >= 4 is 17.5 Å². The molecule has 138 valence electrons. The summed E-state index contributed by atoms with van der Waals surface area (Å²) in [6.45, 7) is 1.63. The van der Waals surface area contributed by atoms with Crippen LogP contribution in [0, 0.1) is 12.7 Å². The van der Waals surface area contributed by atoms with Crippen LogP contribution in [0.15, 0.2) is 47.0 Å². The Bertz CT molecular complexity index is 995. The van der Waals surface area contributed by atoms with E-state index in [2.05, 4.69) is 16.5 Å². The molecule has 4 rings (SSSR count). The van der Waals surface area contributed by atoms with Gasteiger partial charge in [-0.15, -0.1) is 0 Å². The summed E-state index contributed by atoms with van der Waals surface area (Å²) < 4.78 is 19.6. The average molecular weight is 385 g/mol. The lowest BCUT2D eigenvalue weighted by molar-refractivity contribution is 0.0932. The Hall–Kier alpha value is -2.66. The van der Waals surface area contributed by atoms with Crippen LogP contribution in [-0.2, 0) is 6.42 Å². The van der Waals surface area contributed by atoms with E-state index in [1.165, 1.54) is 17.7 Å². The summed E-state index contributed by atoms with van der Waals surface area (Å²) in [6, 6.07) is 12.3. The molecule has 1 amide bonds. The number of aryl methyl sites for hydroxylation is 2. The first-order valence-electron chi connectivity index (χ1n) is 8.85. The lowest BCUT2D eigenvalue weighted by Crippen LogP contribution is -2.31. The van der Waals surface area contributed by atoms with Crippen molar-refractivity contribution in [3.8, 4) is 11.3 Å². The highest BCUT2D eigenvalue weighted by Gasteiger charge is 2.28. The summed E-state index contributed by atoms with van der Waals surface area (Å²) in [7, 11) is 0. The molecule has 6 heteroatoms. The maximum Gasteiger partial charge on any atom is 0.257 e. The van der Waals surface area contributed by atoms with Crippen molar-refractivity contribution in [2.75, 3.05) is 0 Å². The number of amides is 1. The van der Waals surface area contributed by atoms with Gasteiger partial charge in [-0.05, 0) is 49.4 Å². The first-order chi connectivity index (χ1) is 13.1. The zero-order valence-corrected chi connectivity index (χ0v) is 15.5. The molecule has 27 heavy (non-hydrogen) atoms. The molecule has 2 aromatic carbocycles. The summed E-state index contributed by atoms with van der Waals surface area (Å²) >= 11 is 6.16.